The number of methoxy groups -OCH3 is 2. The summed E-state index contributed by atoms with van der Waals surface area (Å²) in [6.45, 7) is 5.64. The van der Waals surface area contributed by atoms with E-state index in [4.69, 9.17) is 14.0 Å². The van der Waals surface area contributed by atoms with Crippen molar-refractivity contribution < 1.29 is 22.4 Å². The fraction of sp³-hybridized carbons (Fsp3) is 0.269. The molecule has 0 aliphatic carbocycles. The van der Waals surface area contributed by atoms with Crippen molar-refractivity contribution in [2.24, 2.45) is 0 Å². The van der Waals surface area contributed by atoms with E-state index < -0.39 is 10.0 Å². The van der Waals surface area contributed by atoms with Crippen LogP contribution in [0.3, 0.4) is 0 Å². The molecule has 188 valence electrons. The molecule has 9 nitrogen and oxygen atoms in total. The summed E-state index contributed by atoms with van der Waals surface area (Å²) >= 11 is 0. The Balaban J connectivity index is 1.64. The van der Waals surface area contributed by atoms with Gasteiger partial charge in [0.1, 0.15) is 11.1 Å². The maximum Gasteiger partial charge on any atom is 0.263 e. The van der Waals surface area contributed by atoms with Gasteiger partial charge in [0.25, 0.3) is 10.0 Å². The third-order valence-electron chi connectivity index (χ3n) is 6.38. The molecule has 5 rings (SSSR count). The highest BCUT2D eigenvalue weighted by atomic mass is 32.2. The van der Waals surface area contributed by atoms with Crippen LogP contribution < -0.4 is 24.4 Å². The van der Waals surface area contributed by atoms with Crippen molar-refractivity contribution in [3.8, 4) is 22.6 Å². The number of nitrogens with one attached hydrogen (secondary N) is 2. The first-order chi connectivity index (χ1) is 17.4. The number of benzene rings is 3. The van der Waals surface area contributed by atoms with Gasteiger partial charge in [-0.05, 0) is 36.8 Å². The Kier molecular flexibility index (Phi) is 6.46. The number of rotatable bonds is 7. The summed E-state index contributed by atoms with van der Waals surface area (Å²) in [5, 5.41) is 7.82. The summed E-state index contributed by atoms with van der Waals surface area (Å²) in [6.07, 6.45) is 0. The van der Waals surface area contributed by atoms with Crippen molar-refractivity contribution in [3.05, 3.63) is 60.2 Å². The van der Waals surface area contributed by atoms with E-state index in [1.165, 1.54) is 19.2 Å². The van der Waals surface area contributed by atoms with Crippen molar-refractivity contribution in [3.63, 3.8) is 0 Å². The normalized spacial score (nSPS) is 14.1. The first-order valence-corrected chi connectivity index (χ1v) is 13.1. The predicted octanol–water partition coefficient (Wildman–Crippen LogP) is 4.03. The van der Waals surface area contributed by atoms with E-state index in [0.29, 0.717) is 22.5 Å². The quantitative estimate of drug-likeness (QED) is 0.386. The minimum Gasteiger partial charge on any atom is -0.496 e. The number of aromatic nitrogens is 1. The molecule has 0 saturated carbocycles. The van der Waals surface area contributed by atoms with E-state index in [9.17, 15) is 8.42 Å². The molecule has 2 heterocycles. The predicted molar refractivity (Wildman–Crippen MR) is 140 cm³/mol. The number of hydrogen-bond donors (Lipinski definition) is 2. The van der Waals surface area contributed by atoms with Gasteiger partial charge in [-0.1, -0.05) is 35.5 Å². The lowest BCUT2D eigenvalue weighted by Crippen LogP contribution is -2.43. The van der Waals surface area contributed by atoms with Gasteiger partial charge in [-0.2, -0.15) is 0 Å². The molecule has 1 fully saturated rings. The second-order valence-corrected chi connectivity index (χ2v) is 10.2. The largest absolute Gasteiger partial charge is 0.496 e. The molecule has 0 bridgehead atoms. The Hall–Kier alpha value is -3.76. The molecular weight excluding hydrogens is 480 g/mol. The van der Waals surface area contributed by atoms with E-state index in [2.05, 4.69) is 32.2 Å². The van der Waals surface area contributed by atoms with Crippen LogP contribution in [0, 0.1) is 6.92 Å². The lowest BCUT2D eigenvalue weighted by molar-refractivity contribution is 0.391. The summed E-state index contributed by atoms with van der Waals surface area (Å²) in [5.41, 5.74) is 3.93. The monoisotopic (exact) mass is 508 g/mol. The Morgan fingerprint density at radius 2 is 1.72 bits per heavy atom. The fourth-order valence-corrected chi connectivity index (χ4v) is 5.70. The standard InChI is InChI=1S/C26H28N4O5S/c1-17-21(18-8-7-9-19(16-18)30-14-12-27-13-15-30)24(34-3)25-22(23(17)33-2)26(28-35-25)29-36(31,32)20-10-5-4-6-11-20/h4-11,16,27H,12-15H2,1-3H3,(H,28,29). The number of ether oxygens (including phenoxy) is 2. The van der Waals surface area contributed by atoms with E-state index in [1.807, 2.05) is 19.1 Å². The first-order valence-electron chi connectivity index (χ1n) is 11.6. The van der Waals surface area contributed by atoms with Gasteiger partial charge in [-0.15, -0.1) is 0 Å². The van der Waals surface area contributed by atoms with Crippen LogP contribution in [0.25, 0.3) is 22.1 Å². The second-order valence-electron chi connectivity index (χ2n) is 8.51. The molecule has 3 aromatic carbocycles. The molecule has 0 radical (unpaired) electrons. The van der Waals surface area contributed by atoms with Crippen LogP contribution in [-0.2, 0) is 10.0 Å². The zero-order valence-electron chi connectivity index (χ0n) is 20.4. The second kappa shape index (κ2) is 9.71. The Bertz CT molecular complexity index is 1500. The van der Waals surface area contributed by atoms with Crippen LogP contribution in [0.15, 0.2) is 64.0 Å². The van der Waals surface area contributed by atoms with Gasteiger partial charge in [0.2, 0.25) is 5.58 Å². The lowest BCUT2D eigenvalue weighted by atomic mass is 9.95. The van der Waals surface area contributed by atoms with Crippen molar-refractivity contribution in [1.29, 1.82) is 0 Å². The Morgan fingerprint density at radius 3 is 2.42 bits per heavy atom. The summed E-state index contributed by atoms with van der Waals surface area (Å²) < 4.78 is 45.8. The van der Waals surface area contributed by atoms with E-state index in [0.717, 1.165) is 48.6 Å². The minimum absolute atomic E-state index is 0.0354. The van der Waals surface area contributed by atoms with Gasteiger partial charge in [-0.3, -0.25) is 4.72 Å². The van der Waals surface area contributed by atoms with E-state index in [1.54, 1.807) is 25.3 Å². The van der Waals surface area contributed by atoms with Crippen LogP contribution in [0.2, 0.25) is 0 Å². The van der Waals surface area contributed by atoms with Crippen LogP contribution in [0.1, 0.15) is 5.56 Å². The van der Waals surface area contributed by atoms with Gasteiger partial charge in [0, 0.05) is 43.0 Å². The highest BCUT2D eigenvalue weighted by Crippen LogP contribution is 2.48. The highest BCUT2D eigenvalue weighted by Gasteiger charge is 2.28. The molecule has 4 aromatic rings. The van der Waals surface area contributed by atoms with Gasteiger partial charge in [-0.25, -0.2) is 8.42 Å². The molecule has 0 spiro atoms. The van der Waals surface area contributed by atoms with Crippen LogP contribution in [-0.4, -0.2) is 54.0 Å². The number of anilines is 2. The molecule has 0 amide bonds. The maximum atomic E-state index is 13.0. The molecular formula is C26H28N4O5S. The minimum atomic E-state index is -3.89. The molecule has 1 aliphatic heterocycles. The number of fused-ring (bicyclic) bond motifs is 1. The van der Waals surface area contributed by atoms with Crippen LogP contribution in [0.5, 0.6) is 11.5 Å². The maximum absolute atomic E-state index is 13.0. The molecule has 10 heteroatoms. The summed E-state index contributed by atoms with van der Waals surface area (Å²) in [5.74, 6) is 0.951. The molecule has 0 unspecified atom stereocenters. The third-order valence-corrected chi connectivity index (χ3v) is 7.73. The van der Waals surface area contributed by atoms with Gasteiger partial charge in [0.05, 0.1) is 19.1 Å². The summed E-state index contributed by atoms with van der Waals surface area (Å²) in [6, 6.07) is 16.3. The third kappa shape index (κ3) is 4.22. The van der Waals surface area contributed by atoms with Gasteiger partial charge >= 0.3 is 0 Å². The lowest BCUT2D eigenvalue weighted by Gasteiger charge is -2.30. The van der Waals surface area contributed by atoms with Crippen molar-refractivity contribution in [1.82, 2.24) is 10.5 Å². The van der Waals surface area contributed by atoms with Gasteiger partial charge in [0.15, 0.2) is 11.6 Å². The number of piperazine rings is 1. The van der Waals surface area contributed by atoms with Crippen molar-refractivity contribution >= 4 is 32.5 Å². The van der Waals surface area contributed by atoms with Crippen molar-refractivity contribution in [2.45, 2.75) is 11.8 Å². The average Bonchev–Trinajstić information content (AvgIpc) is 3.31. The average molecular weight is 509 g/mol. The highest BCUT2D eigenvalue weighted by molar-refractivity contribution is 7.92. The number of hydrogen-bond acceptors (Lipinski definition) is 8. The fourth-order valence-electron chi connectivity index (χ4n) is 4.67. The molecule has 2 N–H and O–H groups in total. The zero-order chi connectivity index (χ0) is 25.3. The first kappa shape index (κ1) is 24.0. The molecule has 36 heavy (non-hydrogen) atoms. The number of sulfonamides is 1. The SMILES string of the molecule is COc1c(-c2cccc(N3CCNCC3)c2)c(C)c(OC)c2c(NS(=O)(=O)c3ccccc3)noc12. The summed E-state index contributed by atoms with van der Waals surface area (Å²) in [4.78, 5) is 2.45. The van der Waals surface area contributed by atoms with Gasteiger partial charge < -0.3 is 24.2 Å². The number of nitrogens with zero attached hydrogens (tertiary/aromatic N) is 2. The van der Waals surface area contributed by atoms with Crippen molar-refractivity contribution in [2.75, 3.05) is 50.0 Å². The zero-order valence-corrected chi connectivity index (χ0v) is 21.2. The smallest absolute Gasteiger partial charge is 0.263 e. The van der Waals surface area contributed by atoms with Crippen LogP contribution >= 0.6 is 0 Å². The Morgan fingerprint density at radius 1 is 1.00 bits per heavy atom. The topological polar surface area (TPSA) is 106 Å². The molecule has 1 aliphatic rings. The van der Waals surface area contributed by atoms with E-state index >= 15 is 0 Å². The Labute approximate surface area is 210 Å². The summed E-state index contributed by atoms with van der Waals surface area (Å²) in [7, 11) is -0.796. The van der Waals surface area contributed by atoms with Crippen LogP contribution in [0.4, 0.5) is 11.5 Å². The molecule has 1 aromatic heterocycles. The molecule has 1 saturated heterocycles. The van der Waals surface area contributed by atoms with E-state index in [-0.39, 0.29) is 10.7 Å². The molecule has 0 atom stereocenters.